The first kappa shape index (κ1) is 62.6. The lowest BCUT2D eigenvalue weighted by Gasteiger charge is -2.44. The molecule has 15 nitrogen and oxygen atoms in total. The largest absolute Gasteiger partial charge is 0.396 e. The Bertz CT molecular complexity index is 2410. The van der Waals surface area contributed by atoms with E-state index in [9.17, 15) is 15.3 Å². The molecule has 18 fully saturated rings. The predicted molar refractivity (Wildman–Crippen MR) is 328 cm³/mol. The molecule has 7 heterocycles. The van der Waals surface area contributed by atoms with Crippen LogP contribution in [0.5, 0.6) is 0 Å². The minimum atomic E-state index is -0.706. The molecule has 11 aliphatic carbocycles. The number of nitrogens with zero attached hydrogens (tertiary/aromatic N) is 2. The van der Waals surface area contributed by atoms with Gasteiger partial charge in [0.1, 0.15) is 24.4 Å². The normalized spacial score (nSPS) is 50.2. The Morgan fingerprint density at radius 3 is 1.03 bits per heavy atom. The van der Waals surface area contributed by atoms with Gasteiger partial charge >= 0.3 is 0 Å². The zero-order valence-electron chi connectivity index (χ0n) is 53.8. The topological polar surface area (TPSA) is 162 Å². The molecule has 11 saturated carbocycles. The molecule has 24 atom stereocenters. The van der Waals surface area contributed by atoms with Crippen LogP contribution in [0.2, 0.25) is 0 Å². The molecule has 18 rings (SSSR count). The molecule has 4 unspecified atom stereocenters. The van der Waals surface area contributed by atoms with Gasteiger partial charge in [0, 0.05) is 79.6 Å². The van der Waals surface area contributed by atoms with Gasteiger partial charge in [0.2, 0.25) is 13.1 Å². The van der Waals surface area contributed by atoms with Crippen molar-refractivity contribution in [3.63, 3.8) is 0 Å². The van der Waals surface area contributed by atoms with Crippen molar-refractivity contribution in [3.8, 4) is 0 Å². The van der Waals surface area contributed by atoms with E-state index in [0.717, 1.165) is 121 Å². The van der Waals surface area contributed by atoms with E-state index < -0.39 is 12.2 Å². The Kier molecular flexibility index (Phi) is 17.9. The SMILES string of the molecule is CCC[C@H]1CC[C@@H]2O[C@@H]3C[C@@]2(C1)C[C@H]1OC2(CCCCC2)OC31.OCC[C@H]1CC[C@@H]2O[C@@H]3C[C@@]2(C1)C[C@H]1OC2(CCCCC2)OC31.[C-]#[N+]CC[C@H]1CC[C@@H]2O[C@@H]3C[C@@]2(C1)C[C@@H](O)C3O.[C-]#[N+]CC[C@H]1CC[C@@H]2O[C@@H]3C[C@@]2(C1)C[C@H]1OC2(CCCCC2)OC31. The minimum Gasteiger partial charge on any atom is -0.396 e. The molecule has 0 aromatic heterocycles. The Balaban J connectivity index is 0.0000000991. The van der Waals surface area contributed by atoms with Crippen LogP contribution in [0.3, 0.4) is 0 Å². The van der Waals surface area contributed by atoms with E-state index in [1.54, 1.807) is 0 Å². The number of hydrogen-bond acceptors (Lipinski definition) is 13. The maximum absolute atomic E-state index is 9.98. The number of fused-ring (bicyclic) bond motifs is 10. The first-order valence-corrected chi connectivity index (χ1v) is 37.1. The van der Waals surface area contributed by atoms with Crippen LogP contribution in [0, 0.1) is 58.5 Å². The van der Waals surface area contributed by atoms with E-state index >= 15 is 0 Å². The third-order valence-electron chi connectivity index (χ3n) is 27.6. The van der Waals surface area contributed by atoms with Gasteiger partial charge in [-0.15, -0.1) is 0 Å². The van der Waals surface area contributed by atoms with Crippen LogP contribution >= 0.6 is 0 Å². The highest BCUT2D eigenvalue weighted by Crippen LogP contribution is 2.65. The highest BCUT2D eigenvalue weighted by atomic mass is 16.8. The zero-order valence-corrected chi connectivity index (χ0v) is 53.8. The lowest BCUT2D eigenvalue weighted by molar-refractivity contribution is -0.205. The summed E-state index contributed by atoms with van der Waals surface area (Å²) in [5.74, 6) is 2.08. The quantitative estimate of drug-likeness (QED) is 0.197. The smallest absolute Gasteiger partial charge is 0.214 e. The van der Waals surface area contributed by atoms with E-state index in [-0.39, 0.29) is 77.7 Å². The van der Waals surface area contributed by atoms with Crippen LogP contribution in [-0.2, 0) is 47.4 Å². The fraction of sp³-hybridized carbons (Fsp3) is 0.973. The second-order valence-electron chi connectivity index (χ2n) is 33.2. The molecule has 15 heteroatoms. The summed E-state index contributed by atoms with van der Waals surface area (Å²) in [4.78, 5) is 7.03. The molecular weight excluding hydrogens is 1110 g/mol. The second kappa shape index (κ2) is 25.2. The van der Waals surface area contributed by atoms with E-state index in [0.29, 0.717) is 90.6 Å². The second-order valence-corrected chi connectivity index (χ2v) is 33.2. The lowest BCUT2D eigenvalue weighted by Crippen LogP contribution is -2.47. The first-order chi connectivity index (χ1) is 42.8. The molecule has 492 valence electrons. The van der Waals surface area contributed by atoms with Crippen LogP contribution in [0.1, 0.15) is 264 Å². The number of ether oxygens (including phenoxy) is 10. The van der Waals surface area contributed by atoms with Gasteiger partial charge in [0.15, 0.2) is 17.4 Å². The number of rotatable bonds is 8. The van der Waals surface area contributed by atoms with Crippen molar-refractivity contribution in [1.29, 1.82) is 0 Å². The van der Waals surface area contributed by atoms with E-state index in [1.807, 2.05) is 0 Å². The van der Waals surface area contributed by atoms with E-state index in [1.165, 1.54) is 135 Å². The lowest BCUT2D eigenvalue weighted by atomic mass is 9.60. The summed E-state index contributed by atoms with van der Waals surface area (Å²) in [5, 5.41) is 29.2. The molecule has 0 aromatic rings. The molecule has 7 spiro atoms. The van der Waals surface area contributed by atoms with Gasteiger partial charge in [-0.3, -0.25) is 0 Å². The summed E-state index contributed by atoms with van der Waals surface area (Å²) >= 11 is 0. The van der Waals surface area contributed by atoms with Gasteiger partial charge in [-0.1, -0.05) is 39.0 Å². The average Bonchev–Trinajstić information content (AvgIpc) is 1.61. The molecule has 88 heavy (non-hydrogen) atoms. The number of aliphatic hydroxyl groups excluding tert-OH is 3. The first-order valence-electron chi connectivity index (χ1n) is 37.1. The fourth-order valence-electron chi connectivity index (χ4n) is 23.9. The zero-order chi connectivity index (χ0) is 59.9. The fourth-order valence-corrected chi connectivity index (χ4v) is 23.9. The van der Waals surface area contributed by atoms with Crippen LogP contribution in [0.25, 0.3) is 9.69 Å². The molecule has 8 bridgehead atoms. The van der Waals surface area contributed by atoms with Crippen molar-refractivity contribution in [2.24, 2.45) is 45.3 Å². The standard InChI is InChI=1S/C20H29NO3.C20H32O3.C19H30O4.C14H21NO3/c1-21-10-7-14-5-6-17-19(11-14)12-15(22-17)18-16(13-19)23-20(24-18)8-3-2-4-9-20;1-2-6-14-7-8-17-19(11-14)12-15(21-17)18-16(13-19)22-20(23-18)9-4-3-5-10-20;20-9-6-13-4-5-16-18(10-13)11-14(21-16)17-15(12-18)22-19(23-17)7-2-1-3-8-19;1-15-5-4-9-2-3-12-14(6-9)7-10(16)13(17)11(8-14)18-12/h14-18H,2-13H2;14-18H,2-13H2,1H3;13-17,20H,1-12H2;9-13,16-17H,2-8H2/t14-,15-,16-,17+,18?,19+;14-,15+,16+,17-,18?,19-;13-,14-,15-,16+,17?,18+;9-,10-,11-,12+,13?,14-/m1011/s1. The van der Waals surface area contributed by atoms with Gasteiger partial charge in [-0.05, 0) is 197 Å². The van der Waals surface area contributed by atoms with Crippen molar-refractivity contribution in [3.05, 3.63) is 22.8 Å². The highest BCUT2D eigenvalue weighted by molar-refractivity contribution is 5.15. The van der Waals surface area contributed by atoms with Crippen molar-refractivity contribution >= 4 is 0 Å². The van der Waals surface area contributed by atoms with E-state index in [4.69, 9.17) is 60.5 Å². The summed E-state index contributed by atoms with van der Waals surface area (Å²) < 4.78 is 64.9. The maximum Gasteiger partial charge on any atom is 0.214 e. The summed E-state index contributed by atoms with van der Waals surface area (Å²) in [5.41, 5.74) is 1.09. The van der Waals surface area contributed by atoms with Crippen LogP contribution in [-0.4, -0.2) is 150 Å². The molecule has 18 aliphatic rings. The Hall–Kier alpha value is -1.54. The number of hydrogen-bond donors (Lipinski definition) is 3. The van der Waals surface area contributed by atoms with Gasteiger partial charge in [-0.25, -0.2) is 13.1 Å². The van der Waals surface area contributed by atoms with Crippen LogP contribution in [0.4, 0.5) is 0 Å². The third-order valence-corrected chi connectivity index (χ3v) is 27.6. The van der Waals surface area contributed by atoms with Crippen molar-refractivity contribution in [1.82, 2.24) is 0 Å². The van der Waals surface area contributed by atoms with Crippen molar-refractivity contribution in [2.75, 3.05) is 19.7 Å². The van der Waals surface area contributed by atoms with Gasteiger partial charge in [0.25, 0.3) is 0 Å². The molecule has 7 aliphatic heterocycles. The monoisotopic (exact) mass is 1220 g/mol. The molecule has 0 radical (unpaired) electrons. The van der Waals surface area contributed by atoms with Crippen molar-refractivity contribution in [2.45, 2.75) is 379 Å². The summed E-state index contributed by atoms with van der Waals surface area (Å²) in [7, 11) is 0. The summed E-state index contributed by atoms with van der Waals surface area (Å²) in [6.07, 6.45) is 48.8. The molecule has 7 saturated heterocycles. The number of aliphatic hydroxyl groups is 3. The van der Waals surface area contributed by atoms with E-state index in [2.05, 4.69) is 16.6 Å². The highest BCUT2D eigenvalue weighted by Gasteiger charge is 2.68. The average molecular weight is 1230 g/mol. The molecule has 0 amide bonds. The van der Waals surface area contributed by atoms with Gasteiger partial charge in [-0.2, -0.15) is 0 Å². The summed E-state index contributed by atoms with van der Waals surface area (Å²) in [6, 6.07) is 0. The molecular formula is C73H112N2O13. The van der Waals surface area contributed by atoms with Gasteiger partial charge < -0.3 is 72.4 Å². The minimum absolute atomic E-state index is 0.0776. The van der Waals surface area contributed by atoms with Gasteiger partial charge in [0.05, 0.1) is 73.2 Å². The Labute approximate surface area is 527 Å². The Morgan fingerprint density at radius 1 is 0.364 bits per heavy atom. The Morgan fingerprint density at radius 2 is 0.682 bits per heavy atom. The third kappa shape index (κ3) is 11.7. The maximum atomic E-state index is 9.98. The molecule has 0 aromatic carbocycles. The molecule has 3 N–H and O–H groups in total. The van der Waals surface area contributed by atoms with Crippen LogP contribution in [0.15, 0.2) is 0 Å². The van der Waals surface area contributed by atoms with Crippen molar-refractivity contribution < 1.29 is 62.7 Å². The summed E-state index contributed by atoms with van der Waals surface area (Å²) in [6.45, 7) is 17.9. The van der Waals surface area contributed by atoms with Crippen LogP contribution < -0.4 is 0 Å². The predicted octanol–water partition coefficient (Wildman–Crippen LogP) is 13.2.